The molecule has 0 bridgehead atoms. The van der Waals surface area contributed by atoms with Crippen LogP contribution < -0.4 is 5.32 Å². The third-order valence-electron chi connectivity index (χ3n) is 2.47. The fourth-order valence-corrected chi connectivity index (χ4v) is 2.17. The summed E-state index contributed by atoms with van der Waals surface area (Å²) in [4.78, 5) is 0. The molecule has 0 amide bonds. The molecule has 0 fully saturated rings. The zero-order valence-corrected chi connectivity index (χ0v) is 11.8. The quantitative estimate of drug-likeness (QED) is 0.809. The van der Waals surface area contributed by atoms with Gasteiger partial charge in [0.25, 0.3) is 0 Å². The van der Waals surface area contributed by atoms with E-state index >= 15 is 0 Å². The van der Waals surface area contributed by atoms with Crippen molar-refractivity contribution in [1.29, 1.82) is 0 Å². The molecule has 2 rings (SSSR count). The first-order chi connectivity index (χ1) is 8.97. The lowest BCUT2D eigenvalue weighted by Gasteiger charge is -2.10. The van der Waals surface area contributed by atoms with Gasteiger partial charge in [-0.2, -0.15) is 0 Å². The summed E-state index contributed by atoms with van der Waals surface area (Å²) < 4.78 is 40.8. The van der Waals surface area contributed by atoms with Gasteiger partial charge in [-0.15, -0.1) is 0 Å². The van der Waals surface area contributed by atoms with Crippen molar-refractivity contribution in [3.63, 3.8) is 0 Å². The van der Waals surface area contributed by atoms with E-state index in [1.54, 1.807) is 0 Å². The van der Waals surface area contributed by atoms with Crippen LogP contribution >= 0.6 is 27.5 Å². The summed E-state index contributed by atoms with van der Waals surface area (Å²) in [6, 6.07) is 6.26. The maximum absolute atomic E-state index is 13.5. The molecule has 0 aliphatic heterocycles. The van der Waals surface area contributed by atoms with Gasteiger partial charge in [0.2, 0.25) is 0 Å². The Kier molecular flexibility index (Phi) is 4.37. The van der Waals surface area contributed by atoms with Gasteiger partial charge in [0, 0.05) is 21.6 Å². The van der Waals surface area contributed by atoms with Crippen molar-refractivity contribution in [2.24, 2.45) is 0 Å². The van der Waals surface area contributed by atoms with Crippen LogP contribution in [0.2, 0.25) is 5.02 Å². The third kappa shape index (κ3) is 3.42. The van der Waals surface area contributed by atoms with Crippen molar-refractivity contribution in [3.8, 4) is 0 Å². The highest BCUT2D eigenvalue weighted by Gasteiger charge is 2.11. The highest BCUT2D eigenvalue weighted by molar-refractivity contribution is 9.10. The number of halogens is 5. The predicted molar refractivity (Wildman–Crippen MR) is 72.8 cm³/mol. The first-order valence-corrected chi connectivity index (χ1v) is 6.47. The Bertz CT molecular complexity index is 596. The molecule has 0 heterocycles. The SMILES string of the molecule is Fc1ccc(Cl)cc1CNc1c(F)cc(Br)cc1F. The topological polar surface area (TPSA) is 12.0 Å². The zero-order chi connectivity index (χ0) is 14.0. The fourth-order valence-electron chi connectivity index (χ4n) is 1.57. The Morgan fingerprint density at radius 1 is 1.00 bits per heavy atom. The monoisotopic (exact) mass is 349 g/mol. The molecule has 0 saturated heterocycles. The van der Waals surface area contributed by atoms with Gasteiger partial charge in [-0.3, -0.25) is 0 Å². The molecule has 0 radical (unpaired) electrons. The normalized spacial score (nSPS) is 10.6. The molecule has 100 valence electrons. The number of benzene rings is 2. The maximum atomic E-state index is 13.5. The summed E-state index contributed by atoms with van der Waals surface area (Å²) in [5.41, 5.74) is -0.0724. The smallest absolute Gasteiger partial charge is 0.150 e. The second-order valence-electron chi connectivity index (χ2n) is 3.83. The van der Waals surface area contributed by atoms with Crippen LogP contribution in [-0.2, 0) is 6.54 Å². The standard InChI is InChI=1S/C13H8BrClF3N/c14-8-4-11(17)13(12(18)5-8)19-6-7-3-9(15)1-2-10(7)16/h1-5,19H,6H2. The molecule has 2 aromatic rings. The summed E-state index contributed by atoms with van der Waals surface area (Å²) in [6.45, 7) is -0.0676. The first kappa shape index (κ1) is 14.2. The van der Waals surface area contributed by atoms with Gasteiger partial charge in [0.05, 0.1) is 0 Å². The lowest BCUT2D eigenvalue weighted by molar-refractivity contribution is 0.584. The molecule has 6 heteroatoms. The Morgan fingerprint density at radius 3 is 2.26 bits per heavy atom. The number of hydrogen-bond acceptors (Lipinski definition) is 1. The highest BCUT2D eigenvalue weighted by Crippen LogP contribution is 2.25. The second-order valence-corrected chi connectivity index (χ2v) is 5.19. The summed E-state index contributed by atoms with van der Waals surface area (Å²) >= 11 is 8.71. The predicted octanol–water partition coefficient (Wildman–Crippen LogP) is 5.13. The molecule has 19 heavy (non-hydrogen) atoms. The maximum Gasteiger partial charge on any atom is 0.150 e. The van der Waals surface area contributed by atoms with Crippen LogP contribution in [0.1, 0.15) is 5.56 Å². The molecular weight excluding hydrogens is 343 g/mol. The van der Waals surface area contributed by atoms with Crippen LogP contribution in [0.3, 0.4) is 0 Å². The average Bonchev–Trinajstić information content (AvgIpc) is 2.32. The Labute approximate surface area is 121 Å². The Morgan fingerprint density at radius 2 is 1.63 bits per heavy atom. The molecule has 1 nitrogen and oxygen atoms in total. The molecule has 0 aromatic heterocycles. The van der Waals surface area contributed by atoms with Crippen molar-refractivity contribution in [2.75, 3.05) is 5.32 Å². The van der Waals surface area contributed by atoms with Crippen molar-refractivity contribution < 1.29 is 13.2 Å². The summed E-state index contributed by atoms with van der Waals surface area (Å²) in [5, 5.41) is 2.88. The van der Waals surface area contributed by atoms with Gasteiger partial charge in [-0.05, 0) is 30.3 Å². The van der Waals surface area contributed by atoms with E-state index in [0.29, 0.717) is 9.50 Å². The second kappa shape index (κ2) is 5.84. The minimum absolute atomic E-state index is 0.0676. The van der Waals surface area contributed by atoms with Gasteiger partial charge in [0.1, 0.15) is 23.1 Å². The molecule has 0 saturated carbocycles. The van der Waals surface area contributed by atoms with Gasteiger partial charge in [-0.1, -0.05) is 27.5 Å². The number of rotatable bonds is 3. The lowest BCUT2D eigenvalue weighted by atomic mass is 10.2. The van der Waals surface area contributed by atoms with Gasteiger partial charge >= 0.3 is 0 Å². The minimum Gasteiger partial charge on any atom is -0.376 e. The fraction of sp³-hybridized carbons (Fsp3) is 0.0769. The number of nitrogens with one attached hydrogen (secondary N) is 1. The van der Waals surface area contributed by atoms with E-state index in [2.05, 4.69) is 21.2 Å². The zero-order valence-electron chi connectivity index (χ0n) is 9.48. The molecule has 0 aliphatic carbocycles. The van der Waals surface area contributed by atoms with Crippen LogP contribution in [-0.4, -0.2) is 0 Å². The van der Waals surface area contributed by atoms with Crippen molar-refractivity contribution in [1.82, 2.24) is 0 Å². The average molecular weight is 351 g/mol. The largest absolute Gasteiger partial charge is 0.376 e. The minimum atomic E-state index is -0.755. The van der Waals surface area contributed by atoms with Crippen molar-refractivity contribution >= 4 is 33.2 Å². The molecule has 0 unspecified atom stereocenters. The van der Waals surface area contributed by atoms with Crippen LogP contribution in [0.15, 0.2) is 34.8 Å². The molecule has 0 atom stereocenters. The van der Waals surface area contributed by atoms with Crippen LogP contribution in [0.25, 0.3) is 0 Å². The van der Waals surface area contributed by atoms with Gasteiger partial charge < -0.3 is 5.32 Å². The summed E-state index contributed by atoms with van der Waals surface area (Å²) in [5.74, 6) is -2.00. The molecule has 1 N–H and O–H groups in total. The summed E-state index contributed by atoms with van der Waals surface area (Å²) in [7, 11) is 0. The van der Waals surface area contributed by atoms with E-state index < -0.39 is 17.5 Å². The highest BCUT2D eigenvalue weighted by atomic mass is 79.9. The summed E-state index contributed by atoms with van der Waals surface area (Å²) in [6.07, 6.45) is 0. The lowest BCUT2D eigenvalue weighted by Crippen LogP contribution is -2.05. The van der Waals surface area contributed by atoms with E-state index in [0.717, 1.165) is 12.1 Å². The van der Waals surface area contributed by atoms with Crippen molar-refractivity contribution in [3.05, 3.63) is 62.8 Å². The first-order valence-electron chi connectivity index (χ1n) is 5.29. The Hall–Kier alpha value is -1.20. The van der Waals surface area contributed by atoms with Crippen LogP contribution in [0, 0.1) is 17.5 Å². The van der Waals surface area contributed by atoms with Gasteiger partial charge in [0.15, 0.2) is 0 Å². The van der Waals surface area contributed by atoms with Crippen LogP contribution in [0.4, 0.5) is 18.9 Å². The Balaban J connectivity index is 2.21. The van der Waals surface area contributed by atoms with Crippen molar-refractivity contribution in [2.45, 2.75) is 6.54 Å². The van der Waals surface area contributed by atoms with E-state index in [4.69, 9.17) is 11.6 Å². The molecule has 2 aromatic carbocycles. The molecular formula is C13H8BrClF3N. The van der Waals surface area contributed by atoms with E-state index in [1.807, 2.05) is 0 Å². The number of anilines is 1. The number of hydrogen-bond donors (Lipinski definition) is 1. The van der Waals surface area contributed by atoms with Gasteiger partial charge in [-0.25, -0.2) is 13.2 Å². The van der Waals surface area contributed by atoms with E-state index in [9.17, 15) is 13.2 Å². The third-order valence-corrected chi connectivity index (χ3v) is 3.16. The molecule has 0 aliphatic rings. The van der Waals surface area contributed by atoms with Crippen LogP contribution in [0.5, 0.6) is 0 Å². The molecule has 0 spiro atoms. The van der Waals surface area contributed by atoms with E-state index in [1.165, 1.54) is 18.2 Å². The van der Waals surface area contributed by atoms with E-state index in [-0.39, 0.29) is 17.8 Å².